The van der Waals surface area contributed by atoms with Gasteiger partial charge in [0.15, 0.2) is 0 Å². The molecule has 2 unspecified atom stereocenters. The minimum Gasteiger partial charge on any atom is -0.381 e. The monoisotopic (exact) mass is 305 g/mol. The summed E-state index contributed by atoms with van der Waals surface area (Å²) in [7, 11) is 0. The van der Waals surface area contributed by atoms with Crippen molar-refractivity contribution < 1.29 is 14.4 Å². The first-order valence-electron chi connectivity index (χ1n) is 7.97. The fourth-order valence-corrected chi connectivity index (χ4v) is 2.22. The van der Waals surface area contributed by atoms with Gasteiger partial charge in [-0.2, -0.15) is 0 Å². The quantitative estimate of drug-likeness (QED) is 0.393. The summed E-state index contributed by atoms with van der Waals surface area (Å²) >= 11 is 0. The molecule has 0 amide bonds. The van der Waals surface area contributed by atoms with Gasteiger partial charge in [-0.3, -0.25) is 0 Å². The average Bonchev–Trinajstić information content (AvgIpc) is 2.56. The van der Waals surface area contributed by atoms with E-state index in [4.69, 9.17) is 9.57 Å². The number of oxime groups is 1. The SMILES string of the molecule is CCOCC(C)CC(CC)C(=O)ON=C(C)c1ccccc1. The van der Waals surface area contributed by atoms with Gasteiger partial charge in [0.1, 0.15) is 0 Å². The zero-order valence-corrected chi connectivity index (χ0v) is 14.0. The molecule has 0 aliphatic rings. The van der Waals surface area contributed by atoms with Crippen molar-refractivity contribution in [1.29, 1.82) is 0 Å². The maximum Gasteiger partial charge on any atom is 0.338 e. The van der Waals surface area contributed by atoms with Crippen LogP contribution in [0, 0.1) is 11.8 Å². The Morgan fingerprint density at radius 3 is 2.50 bits per heavy atom. The van der Waals surface area contributed by atoms with Crippen LogP contribution in [0.5, 0.6) is 0 Å². The Bertz CT molecular complexity index is 470. The van der Waals surface area contributed by atoms with Crippen LogP contribution >= 0.6 is 0 Å². The maximum atomic E-state index is 12.1. The van der Waals surface area contributed by atoms with Crippen LogP contribution in [0.4, 0.5) is 0 Å². The number of carbonyl (C=O) groups is 1. The first-order chi connectivity index (χ1) is 10.6. The third-order valence-corrected chi connectivity index (χ3v) is 3.58. The molecule has 4 heteroatoms. The van der Waals surface area contributed by atoms with Gasteiger partial charge in [0.25, 0.3) is 0 Å². The maximum absolute atomic E-state index is 12.1. The van der Waals surface area contributed by atoms with Gasteiger partial charge in [0.05, 0.1) is 11.6 Å². The van der Waals surface area contributed by atoms with E-state index in [1.54, 1.807) is 0 Å². The number of ether oxygens (including phenoxy) is 1. The molecule has 0 aliphatic heterocycles. The van der Waals surface area contributed by atoms with Crippen molar-refractivity contribution >= 4 is 11.7 Å². The lowest BCUT2D eigenvalue weighted by molar-refractivity contribution is -0.149. The number of rotatable bonds is 9. The third-order valence-electron chi connectivity index (χ3n) is 3.58. The molecule has 0 N–H and O–H groups in total. The lowest BCUT2D eigenvalue weighted by atomic mass is 9.94. The van der Waals surface area contributed by atoms with Gasteiger partial charge < -0.3 is 9.57 Å². The van der Waals surface area contributed by atoms with Gasteiger partial charge in [0.2, 0.25) is 0 Å². The van der Waals surface area contributed by atoms with E-state index < -0.39 is 0 Å². The molecular formula is C18H27NO3. The molecule has 1 rings (SSSR count). The second-order valence-electron chi connectivity index (χ2n) is 5.56. The largest absolute Gasteiger partial charge is 0.381 e. The molecule has 0 bridgehead atoms. The Morgan fingerprint density at radius 1 is 1.23 bits per heavy atom. The summed E-state index contributed by atoms with van der Waals surface area (Å²) in [5.41, 5.74) is 1.65. The number of hydrogen-bond donors (Lipinski definition) is 0. The van der Waals surface area contributed by atoms with Crippen molar-refractivity contribution in [2.45, 2.75) is 40.5 Å². The molecule has 22 heavy (non-hydrogen) atoms. The topological polar surface area (TPSA) is 47.9 Å². The summed E-state index contributed by atoms with van der Waals surface area (Å²) in [5, 5.41) is 3.97. The highest BCUT2D eigenvalue weighted by Crippen LogP contribution is 2.18. The zero-order valence-electron chi connectivity index (χ0n) is 14.0. The normalized spacial score (nSPS) is 14.5. The van der Waals surface area contributed by atoms with Gasteiger partial charge in [-0.05, 0) is 38.2 Å². The van der Waals surface area contributed by atoms with Crippen LogP contribution in [-0.2, 0) is 14.4 Å². The van der Waals surface area contributed by atoms with Crippen LogP contribution in [0.1, 0.15) is 46.1 Å². The summed E-state index contributed by atoms with van der Waals surface area (Å²) < 4.78 is 5.40. The summed E-state index contributed by atoms with van der Waals surface area (Å²) in [6.45, 7) is 9.26. The standard InChI is InChI=1S/C18H27NO3/c1-5-16(12-14(3)13-21-6-2)18(20)22-19-15(4)17-10-8-7-9-11-17/h7-11,14,16H,5-6,12-13H2,1-4H3. The smallest absolute Gasteiger partial charge is 0.338 e. The van der Waals surface area contributed by atoms with Gasteiger partial charge in [0, 0.05) is 13.2 Å². The van der Waals surface area contributed by atoms with E-state index in [-0.39, 0.29) is 11.9 Å². The number of carbonyl (C=O) groups excluding carboxylic acids is 1. The second-order valence-corrected chi connectivity index (χ2v) is 5.56. The van der Waals surface area contributed by atoms with Gasteiger partial charge in [-0.25, -0.2) is 4.79 Å². The van der Waals surface area contributed by atoms with E-state index in [1.165, 1.54) is 0 Å². The van der Waals surface area contributed by atoms with E-state index in [2.05, 4.69) is 12.1 Å². The Kier molecular flexibility index (Phi) is 8.44. The van der Waals surface area contributed by atoms with Crippen LogP contribution in [0.3, 0.4) is 0 Å². The van der Waals surface area contributed by atoms with Crippen molar-refractivity contribution in [1.82, 2.24) is 0 Å². The third kappa shape index (κ3) is 6.39. The van der Waals surface area contributed by atoms with Crippen LogP contribution in [0.15, 0.2) is 35.5 Å². The zero-order chi connectivity index (χ0) is 16.4. The van der Waals surface area contributed by atoms with Gasteiger partial charge in [-0.1, -0.05) is 49.3 Å². The van der Waals surface area contributed by atoms with Gasteiger partial charge in [-0.15, -0.1) is 0 Å². The predicted molar refractivity (Wildman–Crippen MR) is 88.8 cm³/mol. The first kappa shape index (κ1) is 18.4. The average molecular weight is 305 g/mol. The van der Waals surface area contributed by atoms with Crippen molar-refractivity contribution in [2.75, 3.05) is 13.2 Å². The van der Waals surface area contributed by atoms with E-state index in [9.17, 15) is 4.79 Å². The summed E-state index contributed by atoms with van der Waals surface area (Å²) in [6.07, 6.45) is 1.50. The molecule has 1 aromatic rings. The Balaban J connectivity index is 2.54. The molecule has 0 radical (unpaired) electrons. The molecule has 0 saturated heterocycles. The number of hydrogen-bond acceptors (Lipinski definition) is 4. The van der Waals surface area contributed by atoms with Gasteiger partial charge >= 0.3 is 5.97 Å². The van der Waals surface area contributed by atoms with E-state index in [0.29, 0.717) is 24.8 Å². The lowest BCUT2D eigenvalue weighted by Gasteiger charge is -2.17. The molecule has 4 nitrogen and oxygen atoms in total. The van der Waals surface area contributed by atoms with Crippen LogP contribution in [0.2, 0.25) is 0 Å². The fourth-order valence-electron chi connectivity index (χ4n) is 2.22. The van der Waals surface area contributed by atoms with E-state index in [0.717, 1.165) is 18.4 Å². The van der Waals surface area contributed by atoms with Crippen LogP contribution < -0.4 is 0 Å². The van der Waals surface area contributed by atoms with E-state index >= 15 is 0 Å². The molecule has 0 aromatic heterocycles. The predicted octanol–water partition coefficient (Wildman–Crippen LogP) is 4.04. The highest BCUT2D eigenvalue weighted by atomic mass is 16.7. The van der Waals surface area contributed by atoms with Crippen LogP contribution in [0.25, 0.3) is 0 Å². The minimum atomic E-state index is -0.263. The molecular weight excluding hydrogens is 278 g/mol. The molecule has 0 saturated carbocycles. The molecule has 0 aliphatic carbocycles. The molecule has 122 valence electrons. The molecule has 0 fully saturated rings. The highest BCUT2D eigenvalue weighted by Gasteiger charge is 2.21. The Hall–Kier alpha value is -1.68. The second kappa shape index (κ2) is 10.1. The lowest BCUT2D eigenvalue weighted by Crippen LogP contribution is -2.20. The molecule has 0 heterocycles. The van der Waals surface area contributed by atoms with Crippen LogP contribution in [-0.4, -0.2) is 24.9 Å². The van der Waals surface area contributed by atoms with Crippen molar-refractivity contribution in [2.24, 2.45) is 17.0 Å². The number of nitrogens with zero attached hydrogens (tertiary/aromatic N) is 1. The molecule has 1 aromatic carbocycles. The van der Waals surface area contributed by atoms with Crippen molar-refractivity contribution in [3.8, 4) is 0 Å². The Morgan fingerprint density at radius 2 is 1.91 bits per heavy atom. The Labute approximate surface area is 133 Å². The van der Waals surface area contributed by atoms with E-state index in [1.807, 2.05) is 51.1 Å². The summed E-state index contributed by atoms with van der Waals surface area (Å²) in [4.78, 5) is 17.3. The molecule has 2 atom stereocenters. The fraction of sp³-hybridized carbons (Fsp3) is 0.556. The van der Waals surface area contributed by atoms with Crippen molar-refractivity contribution in [3.05, 3.63) is 35.9 Å². The summed E-state index contributed by atoms with van der Waals surface area (Å²) in [6, 6.07) is 9.68. The highest BCUT2D eigenvalue weighted by molar-refractivity contribution is 5.98. The molecule has 0 spiro atoms. The first-order valence-corrected chi connectivity index (χ1v) is 7.97. The summed E-state index contributed by atoms with van der Waals surface area (Å²) in [5.74, 6) is -0.0689. The number of benzene rings is 1. The minimum absolute atomic E-state index is 0.136. The van der Waals surface area contributed by atoms with Crippen molar-refractivity contribution in [3.63, 3.8) is 0 Å².